The Hall–Kier alpha value is -1.82. The molecular weight excluding hydrogens is 270 g/mol. The van der Waals surface area contributed by atoms with Crippen molar-refractivity contribution in [1.82, 2.24) is 15.5 Å². The maximum atomic E-state index is 11.8. The van der Waals surface area contributed by atoms with Gasteiger partial charge in [0, 0.05) is 18.5 Å². The predicted octanol–water partition coefficient (Wildman–Crippen LogP) is 1.40. The number of nitrogens with zero attached hydrogens (tertiary/aromatic N) is 1. The topological polar surface area (TPSA) is 84.1 Å². The first kappa shape index (κ1) is 13.6. The van der Waals surface area contributed by atoms with E-state index in [9.17, 15) is 9.59 Å². The number of methoxy groups -OCH3 is 1. The number of halogens is 1. The monoisotopic (exact) mass is 283 g/mol. The summed E-state index contributed by atoms with van der Waals surface area (Å²) in [6, 6.07) is 0. The summed E-state index contributed by atoms with van der Waals surface area (Å²) >= 11 is 6.09. The molecule has 0 aromatic carbocycles. The van der Waals surface area contributed by atoms with Crippen LogP contribution in [0.3, 0.4) is 0 Å². The number of aromatic nitrogens is 2. The second-order valence-electron chi connectivity index (χ2n) is 4.21. The molecule has 2 rings (SSSR count). The van der Waals surface area contributed by atoms with E-state index in [-0.39, 0.29) is 18.1 Å². The van der Waals surface area contributed by atoms with Crippen LogP contribution < -0.4 is 5.32 Å². The Kier molecular flexibility index (Phi) is 4.21. The molecule has 1 heterocycles. The third-order valence-electron chi connectivity index (χ3n) is 2.77. The lowest BCUT2D eigenvalue weighted by atomic mass is 10.2. The number of carbonyl (C=O) groups is 2. The zero-order valence-electron chi connectivity index (χ0n) is 10.4. The second-order valence-corrected chi connectivity index (χ2v) is 4.59. The van der Waals surface area contributed by atoms with Crippen LogP contribution >= 0.6 is 11.6 Å². The van der Waals surface area contributed by atoms with Crippen molar-refractivity contribution in [2.45, 2.75) is 18.8 Å². The van der Waals surface area contributed by atoms with Gasteiger partial charge in [-0.15, -0.1) is 0 Å². The first-order chi connectivity index (χ1) is 9.13. The summed E-state index contributed by atoms with van der Waals surface area (Å²) in [5, 5.41) is 9.70. The van der Waals surface area contributed by atoms with E-state index < -0.39 is 5.97 Å². The van der Waals surface area contributed by atoms with Gasteiger partial charge < -0.3 is 10.1 Å². The summed E-state index contributed by atoms with van der Waals surface area (Å²) in [7, 11) is 1.29. The van der Waals surface area contributed by atoms with E-state index in [2.05, 4.69) is 20.3 Å². The highest BCUT2D eigenvalue weighted by Gasteiger charge is 2.30. The highest BCUT2D eigenvalue weighted by atomic mass is 35.5. The van der Waals surface area contributed by atoms with Crippen molar-refractivity contribution in [2.24, 2.45) is 0 Å². The fraction of sp³-hybridized carbons (Fsp3) is 0.417. The maximum absolute atomic E-state index is 11.8. The number of H-pyrrole nitrogens is 1. The maximum Gasteiger partial charge on any atom is 0.330 e. The van der Waals surface area contributed by atoms with Crippen molar-refractivity contribution >= 4 is 23.5 Å². The SMILES string of the molecule is COC(=O)/C=C/CNC(=O)c1n[nH]c(C2CC2)c1Cl. The molecule has 1 saturated carbocycles. The van der Waals surface area contributed by atoms with Crippen LogP contribution in [0, 0.1) is 0 Å². The molecule has 6 nitrogen and oxygen atoms in total. The summed E-state index contributed by atoms with van der Waals surface area (Å²) < 4.78 is 4.42. The van der Waals surface area contributed by atoms with E-state index in [1.165, 1.54) is 19.3 Å². The van der Waals surface area contributed by atoms with Gasteiger partial charge in [0.15, 0.2) is 5.69 Å². The Labute approximate surface area is 115 Å². The number of ether oxygens (including phenoxy) is 1. The predicted molar refractivity (Wildman–Crippen MR) is 69.1 cm³/mol. The van der Waals surface area contributed by atoms with Crippen molar-refractivity contribution in [3.05, 3.63) is 28.6 Å². The number of hydrogen-bond donors (Lipinski definition) is 2. The van der Waals surface area contributed by atoms with Crippen molar-refractivity contribution in [3.8, 4) is 0 Å². The average Bonchev–Trinajstić information content (AvgIpc) is 3.17. The van der Waals surface area contributed by atoms with Crippen LogP contribution in [0.15, 0.2) is 12.2 Å². The number of aromatic amines is 1. The van der Waals surface area contributed by atoms with Gasteiger partial charge >= 0.3 is 5.97 Å². The van der Waals surface area contributed by atoms with E-state index >= 15 is 0 Å². The van der Waals surface area contributed by atoms with Gasteiger partial charge in [-0.25, -0.2) is 4.79 Å². The molecule has 102 valence electrons. The fourth-order valence-corrected chi connectivity index (χ4v) is 1.92. The minimum absolute atomic E-state index is 0.190. The van der Waals surface area contributed by atoms with Crippen molar-refractivity contribution in [1.29, 1.82) is 0 Å². The first-order valence-corrected chi connectivity index (χ1v) is 6.27. The molecule has 19 heavy (non-hydrogen) atoms. The van der Waals surface area contributed by atoms with Crippen LogP contribution in [0.2, 0.25) is 5.02 Å². The van der Waals surface area contributed by atoms with E-state index in [1.807, 2.05) is 0 Å². The molecule has 0 radical (unpaired) electrons. The number of nitrogens with one attached hydrogen (secondary N) is 2. The van der Waals surface area contributed by atoms with E-state index in [1.54, 1.807) is 0 Å². The lowest BCUT2D eigenvalue weighted by Gasteiger charge is -1.99. The zero-order valence-corrected chi connectivity index (χ0v) is 11.2. The molecule has 1 amide bonds. The largest absolute Gasteiger partial charge is 0.466 e. The number of hydrogen-bond acceptors (Lipinski definition) is 4. The molecule has 1 aromatic heterocycles. The minimum atomic E-state index is -0.469. The lowest BCUT2D eigenvalue weighted by molar-refractivity contribution is -0.134. The first-order valence-electron chi connectivity index (χ1n) is 5.90. The van der Waals surface area contributed by atoms with Crippen molar-refractivity contribution < 1.29 is 14.3 Å². The van der Waals surface area contributed by atoms with Crippen molar-refractivity contribution in [3.63, 3.8) is 0 Å². The highest BCUT2D eigenvalue weighted by Crippen LogP contribution is 2.42. The van der Waals surface area contributed by atoms with Gasteiger partial charge in [0.25, 0.3) is 5.91 Å². The Morgan fingerprint density at radius 1 is 1.58 bits per heavy atom. The molecule has 0 spiro atoms. The van der Waals surface area contributed by atoms with Gasteiger partial charge in [0.1, 0.15) is 0 Å². The zero-order chi connectivity index (χ0) is 13.8. The highest BCUT2D eigenvalue weighted by molar-refractivity contribution is 6.34. The van der Waals surface area contributed by atoms with Crippen LogP contribution in [0.25, 0.3) is 0 Å². The molecule has 0 unspecified atom stereocenters. The average molecular weight is 284 g/mol. The van der Waals surface area contributed by atoms with Gasteiger partial charge in [0.05, 0.1) is 17.8 Å². The third kappa shape index (κ3) is 3.35. The van der Waals surface area contributed by atoms with Gasteiger partial charge in [-0.2, -0.15) is 5.10 Å². The molecular formula is C12H14ClN3O3. The molecule has 7 heteroatoms. The van der Waals surface area contributed by atoms with E-state index in [0.29, 0.717) is 10.9 Å². The number of rotatable bonds is 5. The molecule has 1 aliphatic carbocycles. The standard InChI is InChI=1S/C12H14ClN3O3/c1-19-8(17)3-2-6-14-12(18)11-9(13)10(15-16-11)7-4-5-7/h2-3,7H,4-6H2,1H3,(H,14,18)(H,15,16)/b3-2+. The number of esters is 1. The minimum Gasteiger partial charge on any atom is -0.466 e. The quantitative estimate of drug-likeness (QED) is 0.632. The molecule has 1 aromatic rings. The van der Waals surface area contributed by atoms with Gasteiger partial charge in [0.2, 0.25) is 0 Å². The fourth-order valence-electron chi connectivity index (χ4n) is 1.59. The molecule has 0 aliphatic heterocycles. The van der Waals surface area contributed by atoms with Crippen molar-refractivity contribution in [2.75, 3.05) is 13.7 Å². The molecule has 0 bridgehead atoms. The van der Waals surface area contributed by atoms with Gasteiger partial charge in [-0.3, -0.25) is 9.89 Å². The second kappa shape index (κ2) is 5.88. The summed E-state index contributed by atoms with van der Waals surface area (Å²) in [6.45, 7) is 0.204. The summed E-state index contributed by atoms with van der Waals surface area (Å²) in [5.74, 6) is -0.438. The molecule has 1 fully saturated rings. The molecule has 0 saturated heterocycles. The summed E-state index contributed by atoms with van der Waals surface area (Å²) in [5.41, 5.74) is 1.02. The van der Waals surface area contributed by atoms with Gasteiger partial charge in [-0.1, -0.05) is 17.7 Å². The number of amides is 1. The van der Waals surface area contributed by atoms with Crippen LogP contribution in [0.4, 0.5) is 0 Å². The number of carbonyl (C=O) groups excluding carboxylic acids is 2. The van der Waals surface area contributed by atoms with E-state index in [4.69, 9.17) is 11.6 Å². The third-order valence-corrected chi connectivity index (χ3v) is 3.15. The Morgan fingerprint density at radius 2 is 2.32 bits per heavy atom. The Bertz CT molecular complexity index is 520. The van der Waals surface area contributed by atoms with Crippen LogP contribution in [-0.2, 0) is 9.53 Å². The van der Waals surface area contributed by atoms with Crippen LogP contribution in [0.5, 0.6) is 0 Å². The van der Waals surface area contributed by atoms with Crippen LogP contribution in [-0.4, -0.2) is 35.7 Å². The summed E-state index contributed by atoms with van der Waals surface area (Å²) in [4.78, 5) is 22.6. The van der Waals surface area contributed by atoms with Gasteiger partial charge in [-0.05, 0) is 12.8 Å². The van der Waals surface area contributed by atoms with Crippen LogP contribution in [0.1, 0.15) is 34.9 Å². The molecule has 2 N–H and O–H groups in total. The normalized spacial score (nSPS) is 14.6. The Balaban J connectivity index is 1.89. The molecule has 1 aliphatic rings. The smallest absolute Gasteiger partial charge is 0.330 e. The Morgan fingerprint density at radius 3 is 2.95 bits per heavy atom. The van der Waals surface area contributed by atoms with E-state index in [0.717, 1.165) is 18.5 Å². The molecule has 0 atom stereocenters. The lowest BCUT2D eigenvalue weighted by Crippen LogP contribution is -2.24. The summed E-state index contributed by atoms with van der Waals surface area (Å²) in [6.07, 6.45) is 4.88.